The predicted molar refractivity (Wildman–Crippen MR) is 152 cm³/mol. The summed E-state index contributed by atoms with van der Waals surface area (Å²) in [5.74, 6) is -0.988. The van der Waals surface area contributed by atoms with Crippen LogP contribution in [0.25, 0.3) is 0 Å². The zero-order valence-electron chi connectivity index (χ0n) is 23.6. The molecule has 1 fully saturated rings. The number of methoxy groups -OCH3 is 1. The molecule has 0 saturated heterocycles. The molecule has 0 aromatic heterocycles. The lowest BCUT2D eigenvalue weighted by molar-refractivity contribution is -0.138. The van der Waals surface area contributed by atoms with Crippen LogP contribution >= 0.6 is 0 Å². The SMILES string of the molecule is COc1cc(C=O)cc2c1OC1C2C(C(=O)NCCO)=CC(N(Cc2ccccc2F)C(=O)CCC2CCCC2)C1O. The minimum absolute atomic E-state index is 0.00848. The molecule has 2 amide bonds. The molecule has 2 aliphatic carbocycles. The van der Waals surface area contributed by atoms with Crippen LogP contribution in [0, 0.1) is 11.7 Å². The smallest absolute Gasteiger partial charge is 0.247 e. The van der Waals surface area contributed by atoms with Gasteiger partial charge in [0, 0.05) is 41.8 Å². The summed E-state index contributed by atoms with van der Waals surface area (Å²) in [4.78, 5) is 40.4. The molecule has 3 aliphatic rings. The Balaban J connectivity index is 1.56. The number of benzene rings is 2. The first kappa shape index (κ1) is 29.7. The van der Waals surface area contributed by atoms with Gasteiger partial charge >= 0.3 is 0 Å². The molecule has 42 heavy (non-hydrogen) atoms. The van der Waals surface area contributed by atoms with E-state index in [1.807, 2.05) is 0 Å². The van der Waals surface area contributed by atoms with E-state index >= 15 is 0 Å². The molecule has 1 heterocycles. The highest BCUT2D eigenvalue weighted by Gasteiger charge is 2.51. The number of aliphatic hydroxyl groups is 2. The normalized spacial score (nSPS) is 22.9. The van der Waals surface area contributed by atoms with Crippen molar-refractivity contribution < 1.29 is 38.5 Å². The first-order chi connectivity index (χ1) is 20.4. The van der Waals surface area contributed by atoms with E-state index in [1.165, 1.54) is 24.1 Å². The molecule has 4 unspecified atom stereocenters. The van der Waals surface area contributed by atoms with E-state index in [0.717, 1.165) is 25.7 Å². The van der Waals surface area contributed by atoms with Gasteiger partial charge in [0.05, 0.1) is 25.7 Å². The van der Waals surface area contributed by atoms with Crippen LogP contribution in [0.5, 0.6) is 11.5 Å². The monoisotopic (exact) mass is 580 g/mol. The van der Waals surface area contributed by atoms with Crippen molar-refractivity contribution in [1.29, 1.82) is 0 Å². The second-order valence-electron chi connectivity index (χ2n) is 11.2. The molecule has 224 valence electrons. The second kappa shape index (κ2) is 13.0. The standard InChI is InChI=1S/C32H37FN2O7/c1-41-26-15-20(18-37)14-22-28-23(32(40)34-12-13-36)16-25(29(39)31(28)42-30(22)26)35(17-21-8-4-5-9-24(21)33)27(38)11-10-19-6-2-3-7-19/h4-5,8-9,14-16,18-19,25,28-29,31,36,39H,2-3,6-7,10-13,17H2,1H3,(H,34,40). The molecule has 9 nitrogen and oxygen atoms in total. The third-order valence-electron chi connectivity index (χ3n) is 8.63. The van der Waals surface area contributed by atoms with E-state index in [-0.39, 0.29) is 48.9 Å². The Hall–Kier alpha value is -3.76. The molecule has 4 atom stereocenters. The fourth-order valence-electron chi connectivity index (χ4n) is 6.50. The lowest BCUT2D eigenvalue weighted by Crippen LogP contribution is -2.55. The third kappa shape index (κ3) is 5.91. The molecular weight excluding hydrogens is 543 g/mol. The minimum Gasteiger partial charge on any atom is -0.493 e. The average Bonchev–Trinajstić information content (AvgIpc) is 3.67. The minimum atomic E-state index is -1.29. The number of carbonyl (C=O) groups is 3. The zero-order valence-corrected chi connectivity index (χ0v) is 23.6. The van der Waals surface area contributed by atoms with Crippen LogP contribution in [0.2, 0.25) is 0 Å². The number of nitrogens with zero attached hydrogens (tertiary/aromatic N) is 1. The Morgan fingerprint density at radius 1 is 1.21 bits per heavy atom. The maximum Gasteiger partial charge on any atom is 0.247 e. The lowest BCUT2D eigenvalue weighted by atomic mass is 9.77. The predicted octanol–water partition coefficient (Wildman–Crippen LogP) is 3.27. The molecule has 0 bridgehead atoms. The maximum atomic E-state index is 14.8. The molecular formula is C32H37FN2O7. The van der Waals surface area contributed by atoms with Gasteiger partial charge in [-0.3, -0.25) is 14.4 Å². The Morgan fingerprint density at radius 2 is 1.98 bits per heavy atom. The van der Waals surface area contributed by atoms with Crippen LogP contribution in [0.1, 0.15) is 65.9 Å². The van der Waals surface area contributed by atoms with Crippen LogP contribution in [-0.4, -0.2) is 71.7 Å². The van der Waals surface area contributed by atoms with E-state index in [9.17, 15) is 29.0 Å². The van der Waals surface area contributed by atoms with E-state index < -0.39 is 35.9 Å². The van der Waals surface area contributed by atoms with Crippen molar-refractivity contribution in [1.82, 2.24) is 10.2 Å². The Kier molecular flexibility index (Phi) is 9.23. The van der Waals surface area contributed by atoms with E-state index in [0.29, 0.717) is 35.5 Å². The van der Waals surface area contributed by atoms with E-state index in [4.69, 9.17) is 9.47 Å². The number of aldehydes is 1. The van der Waals surface area contributed by atoms with Crippen molar-refractivity contribution in [3.05, 3.63) is 70.6 Å². The van der Waals surface area contributed by atoms with Crippen molar-refractivity contribution in [3.63, 3.8) is 0 Å². The van der Waals surface area contributed by atoms with Gasteiger partial charge in [0.25, 0.3) is 0 Å². The fraction of sp³-hybridized carbons (Fsp3) is 0.469. The van der Waals surface area contributed by atoms with Gasteiger partial charge in [0.2, 0.25) is 11.8 Å². The van der Waals surface area contributed by atoms with Gasteiger partial charge < -0.3 is 29.9 Å². The van der Waals surface area contributed by atoms with Gasteiger partial charge in [-0.25, -0.2) is 4.39 Å². The van der Waals surface area contributed by atoms with Crippen molar-refractivity contribution in [2.75, 3.05) is 20.3 Å². The van der Waals surface area contributed by atoms with Crippen molar-refractivity contribution in [2.45, 2.75) is 69.2 Å². The Labute approximate surface area is 244 Å². The molecule has 0 radical (unpaired) electrons. The molecule has 1 aliphatic heterocycles. The summed E-state index contributed by atoms with van der Waals surface area (Å²) in [6.45, 7) is -0.400. The number of hydrogen-bond donors (Lipinski definition) is 3. The van der Waals surface area contributed by atoms with E-state index in [1.54, 1.807) is 30.3 Å². The summed E-state index contributed by atoms with van der Waals surface area (Å²) in [6.07, 6.45) is 5.28. The summed E-state index contributed by atoms with van der Waals surface area (Å²) in [7, 11) is 1.43. The topological polar surface area (TPSA) is 125 Å². The number of halogens is 1. The van der Waals surface area contributed by atoms with Crippen molar-refractivity contribution in [2.24, 2.45) is 5.92 Å². The number of nitrogens with one attached hydrogen (secondary N) is 1. The van der Waals surface area contributed by atoms with Crippen LogP contribution in [0.4, 0.5) is 4.39 Å². The fourth-order valence-corrected chi connectivity index (χ4v) is 6.50. The largest absolute Gasteiger partial charge is 0.493 e. The molecule has 3 N–H and O–H groups in total. The van der Waals surface area contributed by atoms with Crippen molar-refractivity contribution in [3.8, 4) is 11.5 Å². The molecule has 0 spiro atoms. The van der Waals surface area contributed by atoms with Gasteiger partial charge in [-0.05, 0) is 36.6 Å². The van der Waals surface area contributed by atoms with Crippen LogP contribution in [-0.2, 0) is 16.1 Å². The number of fused-ring (bicyclic) bond motifs is 3. The maximum absolute atomic E-state index is 14.8. The first-order valence-electron chi connectivity index (χ1n) is 14.5. The molecule has 2 aromatic rings. The van der Waals surface area contributed by atoms with Gasteiger partial charge in [-0.2, -0.15) is 0 Å². The van der Waals surface area contributed by atoms with Crippen molar-refractivity contribution >= 4 is 18.1 Å². The van der Waals surface area contributed by atoms with Crippen LogP contribution in [0.15, 0.2) is 48.0 Å². The Bertz CT molecular complexity index is 1360. The first-order valence-corrected chi connectivity index (χ1v) is 14.5. The van der Waals surface area contributed by atoms with E-state index in [2.05, 4.69) is 5.32 Å². The number of ether oxygens (including phenoxy) is 2. The average molecular weight is 581 g/mol. The number of rotatable bonds is 11. The number of amides is 2. The lowest BCUT2D eigenvalue weighted by Gasteiger charge is -2.41. The highest BCUT2D eigenvalue weighted by Crippen LogP contribution is 2.51. The number of carbonyl (C=O) groups excluding carboxylic acids is 3. The summed E-state index contributed by atoms with van der Waals surface area (Å²) in [6, 6.07) is 8.27. The highest BCUT2D eigenvalue weighted by molar-refractivity contribution is 5.96. The molecule has 1 saturated carbocycles. The second-order valence-corrected chi connectivity index (χ2v) is 11.2. The van der Waals surface area contributed by atoms with Gasteiger partial charge in [0.15, 0.2) is 11.5 Å². The van der Waals surface area contributed by atoms with Gasteiger partial charge in [-0.15, -0.1) is 0 Å². The molecule has 2 aromatic carbocycles. The number of hydrogen-bond acceptors (Lipinski definition) is 7. The van der Waals surface area contributed by atoms with Crippen LogP contribution in [0.3, 0.4) is 0 Å². The molecule has 5 rings (SSSR count). The summed E-state index contributed by atoms with van der Waals surface area (Å²) < 4.78 is 26.5. The van der Waals surface area contributed by atoms with Gasteiger partial charge in [-0.1, -0.05) is 43.9 Å². The van der Waals surface area contributed by atoms with Gasteiger partial charge in [0.1, 0.15) is 24.3 Å². The summed E-state index contributed by atoms with van der Waals surface area (Å²) in [5, 5.41) is 23.8. The van der Waals surface area contributed by atoms with Crippen LogP contribution < -0.4 is 14.8 Å². The Morgan fingerprint density at radius 3 is 2.67 bits per heavy atom. The number of aliphatic hydroxyl groups excluding tert-OH is 2. The zero-order chi connectivity index (χ0) is 29.8. The third-order valence-corrected chi connectivity index (χ3v) is 8.63. The highest BCUT2D eigenvalue weighted by atomic mass is 19.1. The molecule has 10 heteroatoms. The summed E-state index contributed by atoms with van der Waals surface area (Å²) >= 11 is 0. The summed E-state index contributed by atoms with van der Waals surface area (Å²) in [5.41, 5.74) is 1.31. The quantitative estimate of drug-likeness (QED) is 0.349.